The van der Waals surface area contributed by atoms with Crippen molar-refractivity contribution in [1.29, 1.82) is 0 Å². The van der Waals surface area contributed by atoms with Gasteiger partial charge < -0.3 is 15.4 Å². The first-order valence-electron chi connectivity index (χ1n) is 7.46. The van der Waals surface area contributed by atoms with Gasteiger partial charge in [-0.15, -0.1) is 12.4 Å². The minimum atomic E-state index is -0.384. The molecule has 1 aromatic rings. The first kappa shape index (κ1) is 18.7. The Bertz CT molecular complexity index is 487. The highest BCUT2D eigenvalue weighted by atomic mass is 35.5. The Morgan fingerprint density at radius 3 is 2.82 bits per heavy atom. The molecule has 22 heavy (non-hydrogen) atoms. The number of nitrogens with zero attached hydrogens (tertiary/aromatic N) is 1. The minimum absolute atomic E-state index is 0. The number of hydrogen-bond acceptors (Lipinski definition) is 3. The number of carbonyl (C=O) groups is 1. The molecule has 0 spiro atoms. The lowest BCUT2D eigenvalue weighted by Gasteiger charge is -2.24. The highest BCUT2D eigenvalue weighted by molar-refractivity contribution is 5.85. The summed E-state index contributed by atoms with van der Waals surface area (Å²) in [4.78, 5) is 14.0. The van der Waals surface area contributed by atoms with Crippen molar-refractivity contribution in [2.75, 3.05) is 26.7 Å². The summed E-state index contributed by atoms with van der Waals surface area (Å²) in [5, 5.41) is 0. The van der Waals surface area contributed by atoms with Crippen LogP contribution in [0.5, 0.6) is 5.75 Å². The van der Waals surface area contributed by atoms with E-state index < -0.39 is 0 Å². The van der Waals surface area contributed by atoms with Gasteiger partial charge in [-0.05, 0) is 37.4 Å². The van der Waals surface area contributed by atoms with Crippen molar-refractivity contribution in [2.24, 2.45) is 17.6 Å². The number of para-hydroxylation sites is 1. The van der Waals surface area contributed by atoms with Gasteiger partial charge in [-0.25, -0.2) is 4.39 Å². The van der Waals surface area contributed by atoms with Crippen LogP contribution in [0.2, 0.25) is 0 Å². The average Bonchev–Trinajstić information content (AvgIpc) is 2.96. The largest absolute Gasteiger partial charge is 0.489 e. The summed E-state index contributed by atoms with van der Waals surface area (Å²) in [5.41, 5.74) is 5.72. The number of carbonyl (C=O) groups excluding carboxylic acids is 1. The molecular formula is C16H24ClFN2O2. The molecule has 2 rings (SSSR count). The van der Waals surface area contributed by atoms with Crippen LogP contribution in [0.4, 0.5) is 4.39 Å². The number of likely N-dealkylation sites (N-methyl/N-ethyl adjacent to an activating group) is 1. The first-order valence-corrected chi connectivity index (χ1v) is 7.46. The van der Waals surface area contributed by atoms with Gasteiger partial charge in [-0.3, -0.25) is 4.79 Å². The van der Waals surface area contributed by atoms with Crippen LogP contribution in [0.1, 0.15) is 19.3 Å². The van der Waals surface area contributed by atoms with E-state index in [2.05, 4.69) is 0 Å². The molecule has 1 saturated carbocycles. The number of halogens is 2. The molecule has 1 fully saturated rings. The molecule has 0 aromatic heterocycles. The zero-order chi connectivity index (χ0) is 15.2. The molecule has 1 aromatic carbocycles. The predicted octanol–water partition coefficient (Wildman–Crippen LogP) is 2.46. The SMILES string of the molecule is CN(CCOc1ccccc1F)C(=O)[C@@H]1CCC[C@@H]1CN.Cl. The molecular weight excluding hydrogens is 307 g/mol. The minimum Gasteiger partial charge on any atom is -0.489 e. The van der Waals surface area contributed by atoms with Crippen LogP contribution in [-0.4, -0.2) is 37.6 Å². The lowest BCUT2D eigenvalue weighted by atomic mass is 9.95. The second-order valence-corrected chi connectivity index (χ2v) is 5.57. The van der Waals surface area contributed by atoms with Gasteiger partial charge in [0.05, 0.1) is 6.54 Å². The number of benzene rings is 1. The number of nitrogens with two attached hydrogens (primary N) is 1. The summed E-state index contributed by atoms with van der Waals surface area (Å²) in [6, 6.07) is 6.27. The molecule has 0 heterocycles. The summed E-state index contributed by atoms with van der Waals surface area (Å²) in [7, 11) is 1.76. The van der Waals surface area contributed by atoms with E-state index in [1.807, 2.05) is 0 Å². The van der Waals surface area contributed by atoms with Crippen molar-refractivity contribution < 1.29 is 13.9 Å². The fourth-order valence-corrected chi connectivity index (χ4v) is 2.89. The van der Waals surface area contributed by atoms with Gasteiger partial charge in [0.25, 0.3) is 0 Å². The first-order chi connectivity index (χ1) is 10.1. The van der Waals surface area contributed by atoms with Gasteiger partial charge in [0.15, 0.2) is 11.6 Å². The molecule has 1 amide bonds. The van der Waals surface area contributed by atoms with Crippen molar-refractivity contribution in [2.45, 2.75) is 19.3 Å². The Balaban J connectivity index is 0.00000242. The average molecular weight is 331 g/mol. The Hall–Kier alpha value is -1.33. The zero-order valence-corrected chi connectivity index (χ0v) is 13.7. The maximum absolute atomic E-state index is 13.4. The van der Waals surface area contributed by atoms with Crippen molar-refractivity contribution >= 4 is 18.3 Å². The highest BCUT2D eigenvalue weighted by Gasteiger charge is 2.33. The summed E-state index contributed by atoms with van der Waals surface area (Å²) in [6.07, 6.45) is 3.02. The van der Waals surface area contributed by atoms with Gasteiger partial charge in [-0.1, -0.05) is 18.6 Å². The van der Waals surface area contributed by atoms with E-state index in [4.69, 9.17) is 10.5 Å². The van der Waals surface area contributed by atoms with Crippen LogP contribution in [0, 0.1) is 17.7 Å². The van der Waals surface area contributed by atoms with Crippen LogP contribution in [-0.2, 0) is 4.79 Å². The predicted molar refractivity (Wildman–Crippen MR) is 86.7 cm³/mol. The molecule has 2 atom stereocenters. The molecule has 1 aliphatic rings. The van der Waals surface area contributed by atoms with Crippen molar-refractivity contribution in [3.8, 4) is 5.75 Å². The number of ether oxygens (including phenoxy) is 1. The lowest BCUT2D eigenvalue weighted by molar-refractivity contribution is -0.135. The summed E-state index contributed by atoms with van der Waals surface area (Å²) >= 11 is 0. The molecule has 0 aliphatic heterocycles. The summed E-state index contributed by atoms with van der Waals surface area (Å²) < 4.78 is 18.8. The highest BCUT2D eigenvalue weighted by Crippen LogP contribution is 2.32. The van der Waals surface area contributed by atoms with Gasteiger partial charge in [-0.2, -0.15) is 0 Å². The van der Waals surface area contributed by atoms with E-state index in [1.54, 1.807) is 30.1 Å². The number of hydrogen-bond donors (Lipinski definition) is 1. The van der Waals surface area contributed by atoms with E-state index in [-0.39, 0.29) is 42.4 Å². The maximum Gasteiger partial charge on any atom is 0.225 e. The molecule has 0 bridgehead atoms. The monoisotopic (exact) mass is 330 g/mol. The maximum atomic E-state index is 13.4. The molecule has 0 saturated heterocycles. The van der Waals surface area contributed by atoms with E-state index in [1.165, 1.54) is 6.07 Å². The smallest absolute Gasteiger partial charge is 0.225 e. The second-order valence-electron chi connectivity index (χ2n) is 5.57. The van der Waals surface area contributed by atoms with E-state index in [0.29, 0.717) is 19.0 Å². The van der Waals surface area contributed by atoms with E-state index >= 15 is 0 Å². The fourth-order valence-electron chi connectivity index (χ4n) is 2.89. The van der Waals surface area contributed by atoms with Gasteiger partial charge >= 0.3 is 0 Å². The van der Waals surface area contributed by atoms with Gasteiger partial charge in [0, 0.05) is 13.0 Å². The third-order valence-electron chi connectivity index (χ3n) is 4.18. The molecule has 2 N–H and O–H groups in total. The standard InChI is InChI=1S/C16H23FN2O2.ClH/c1-19(16(20)13-6-4-5-12(13)11-18)9-10-21-15-8-3-2-7-14(15)17;/h2-3,7-8,12-13H,4-6,9-11,18H2,1H3;1H/t12-,13-;/m1./s1. The Labute approximate surface area is 137 Å². The van der Waals surface area contributed by atoms with E-state index in [0.717, 1.165) is 19.3 Å². The molecule has 124 valence electrons. The van der Waals surface area contributed by atoms with Crippen molar-refractivity contribution in [3.63, 3.8) is 0 Å². The van der Waals surface area contributed by atoms with E-state index in [9.17, 15) is 9.18 Å². The Morgan fingerprint density at radius 2 is 2.14 bits per heavy atom. The third kappa shape index (κ3) is 4.58. The normalized spacial score (nSPS) is 20.3. The van der Waals surface area contributed by atoms with Crippen molar-refractivity contribution in [1.82, 2.24) is 4.90 Å². The van der Waals surface area contributed by atoms with Crippen LogP contribution in [0.25, 0.3) is 0 Å². The second kappa shape index (κ2) is 8.96. The van der Waals surface area contributed by atoms with Gasteiger partial charge in [0.1, 0.15) is 6.61 Å². The topological polar surface area (TPSA) is 55.6 Å². The fraction of sp³-hybridized carbons (Fsp3) is 0.562. The van der Waals surface area contributed by atoms with Crippen LogP contribution < -0.4 is 10.5 Å². The van der Waals surface area contributed by atoms with Crippen LogP contribution in [0.15, 0.2) is 24.3 Å². The lowest BCUT2D eigenvalue weighted by Crippen LogP contribution is -2.38. The Kier molecular flexibility index (Phi) is 7.62. The number of rotatable bonds is 6. The quantitative estimate of drug-likeness (QED) is 0.871. The van der Waals surface area contributed by atoms with Crippen LogP contribution in [0.3, 0.4) is 0 Å². The zero-order valence-electron chi connectivity index (χ0n) is 12.8. The molecule has 1 aliphatic carbocycles. The Morgan fingerprint density at radius 1 is 1.41 bits per heavy atom. The third-order valence-corrected chi connectivity index (χ3v) is 4.18. The van der Waals surface area contributed by atoms with Crippen molar-refractivity contribution in [3.05, 3.63) is 30.1 Å². The molecule has 6 heteroatoms. The van der Waals surface area contributed by atoms with Crippen LogP contribution >= 0.6 is 12.4 Å². The molecule has 4 nitrogen and oxygen atoms in total. The summed E-state index contributed by atoms with van der Waals surface area (Å²) in [6.45, 7) is 1.29. The van der Waals surface area contributed by atoms with Gasteiger partial charge in [0.2, 0.25) is 5.91 Å². The summed E-state index contributed by atoms with van der Waals surface area (Å²) in [5.74, 6) is 0.297. The molecule has 0 unspecified atom stereocenters. The number of amides is 1. The molecule has 0 radical (unpaired) electrons.